The maximum Gasteiger partial charge on any atom is 0.269 e. The lowest BCUT2D eigenvalue weighted by atomic mass is 9.89. The standard InChI is InChI=1S/C28H29N3O4/c1-3-4-14-27(32)29-20(2)19-26(24-12-8-9-13-25(24)29)30(22-10-6-5-7-11-22)28(33)21-15-17-23(18-16-21)31(34)35/h5-13,15-18,20,26H,3-4,14,19H2,1-2H3/t20-,26-/m0/s1. The van der Waals surface area contributed by atoms with Gasteiger partial charge in [-0.15, -0.1) is 0 Å². The molecule has 1 heterocycles. The van der Waals surface area contributed by atoms with E-state index in [0.29, 0.717) is 18.4 Å². The second-order valence-corrected chi connectivity index (χ2v) is 8.84. The van der Waals surface area contributed by atoms with E-state index in [2.05, 4.69) is 6.92 Å². The summed E-state index contributed by atoms with van der Waals surface area (Å²) in [5, 5.41) is 11.1. The molecule has 0 N–H and O–H groups in total. The van der Waals surface area contributed by atoms with Crippen molar-refractivity contribution in [2.75, 3.05) is 9.80 Å². The van der Waals surface area contributed by atoms with E-state index in [-0.39, 0.29) is 29.6 Å². The summed E-state index contributed by atoms with van der Waals surface area (Å²) >= 11 is 0. The molecular formula is C28H29N3O4. The number of nitro groups is 1. The highest BCUT2D eigenvalue weighted by atomic mass is 16.6. The average molecular weight is 472 g/mol. The third kappa shape index (κ3) is 4.94. The number of para-hydroxylation sites is 2. The lowest BCUT2D eigenvalue weighted by Crippen LogP contribution is -2.47. The number of rotatable bonds is 7. The van der Waals surface area contributed by atoms with Gasteiger partial charge in [0.1, 0.15) is 0 Å². The minimum Gasteiger partial charge on any atom is -0.309 e. The molecule has 3 aromatic rings. The topological polar surface area (TPSA) is 83.8 Å². The summed E-state index contributed by atoms with van der Waals surface area (Å²) in [7, 11) is 0. The van der Waals surface area contributed by atoms with E-state index in [1.807, 2.05) is 66.4 Å². The molecule has 180 valence electrons. The molecule has 0 saturated carbocycles. The summed E-state index contributed by atoms with van der Waals surface area (Å²) in [6, 6.07) is 22.5. The van der Waals surface area contributed by atoms with E-state index in [9.17, 15) is 19.7 Å². The van der Waals surface area contributed by atoms with Gasteiger partial charge in [0.15, 0.2) is 0 Å². The maximum atomic E-state index is 13.9. The summed E-state index contributed by atoms with van der Waals surface area (Å²) in [5.74, 6) is -0.151. The molecular weight excluding hydrogens is 442 g/mol. The van der Waals surface area contributed by atoms with Crippen LogP contribution in [0.25, 0.3) is 0 Å². The van der Waals surface area contributed by atoms with Gasteiger partial charge in [0, 0.05) is 41.5 Å². The molecule has 0 fully saturated rings. The summed E-state index contributed by atoms with van der Waals surface area (Å²) < 4.78 is 0. The van der Waals surface area contributed by atoms with E-state index in [4.69, 9.17) is 0 Å². The maximum absolute atomic E-state index is 13.9. The van der Waals surface area contributed by atoms with Crippen LogP contribution in [0.1, 0.15) is 61.5 Å². The van der Waals surface area contributed by atoms with Crippen molar-refractivity contribution < 1.29 is 14.5 Å². The number of carbonyl (C=O) groups is 2. The van der Waals surface area contributed by atoms with Crippen molar-refractivity contribution in [1.82, 2.24) is 0 Å². The van der Waals surface area contributed by atoms with Crippen LogP contribution in [0.2, 0.25) is 0 Å². The Hall–Kier alpha value is -4.00. The van der Waals surface area contributed by atoms with Crippen molar-refractivity contribution in [2.24, 2.45) is 0 Å². The van der Waals surface area contributed by atoms with Crippen LogP contribution in [-0.2, 0) is 4.79 Å². The van der Waals surface area contributed by atoms with Gasteiger partial charge in [0.25, 0.3) is 11.6 Å². The second-order valence-electron chi connectivity index (χ2n) is 8.84. The van der Waals surface area contributed by atoms with Gasteiger partial charge in [-0.2, -0.15) is 0 Å². The third-order valence-electron chi connectivity index (χ3n) is 6.46. The third-order valence-corrected chi connectivity index (χ3v) is 6.46. The Morgan fingerprint density at radius 1 is 1.00 bits per heavy atom. The number of anilines is 2. The van der Waals surface area contributed by atoms with Crippen molar-refractivity contribution in [3.05, 3.63) is 100 Å². The Labute approximate surface area is 205 Å². The molecule has 7 nitrogen and oxygen atoms in total. The lowest BCUT2D eigenvalue weighted by Gasteiger charge is -2.43. The van der Waals surface area contributed by atoms with Crippen LogP contribution in [0, 0.1) is 10.1 Å². The number of hydrogen-bond donors (Lipinski definition) is 0. The van der Waals surface area contributed by atoms with Crippen molar-refractivity contribution in [1.29, 1.82) is 0 Å². The van der Waals surface area contributed by atoms with Gasteiger partial charge in [-0.25, -0.2) is 0 Å². The number of nitrogens with zero attached hydrogens (tertiary/aromatic N) is 3. The molecule has 0 unspecified atom stereocenters. The Morgan fingerprint density at radius 3 is 2.31 bits per heavy atom. The number of nitro benzene ring substituents is 1. The number of unbranched alkanes of at least 4 members (excludes halogenated alkanes) is 1. The van der Waals surface area contributed by atoms with E-state index in [1.165, 1.54) is 24.3 Å². The van der Waals surface area contributed by atoms with Crippen molar-refractivity contribution in [3.8, 4) is 0 Å². The van der Waals surface area contributed by atoms with Gasteiger partial charge >= 0.3 is 0 Å². The van der Waals surface area contributed by atoms with Gasteiger partial charge < -0.3 is 9.80 Å². The molecule has 7 heteroatoms. The zero-order valence-corrected chi connectivity index (χ0v) is 20.0. The zero-order valence-electron chi connectivity index (χ0n) is 20.0. The highest BCUT2D eigenvalue weighted by Gasteiger charge is 2.38. The van der Waals surface area contributed by atoms with E-state index in [0.717, 1.165) is 29.8 Å². The fourth-order valence-electron chi connectivity index (χ4n) is 4.75. The predicted octanol–water partition coefficient (Wildman–Crippen LogP) is 6.30. The minimum atomic E-state index is -0.480. The number of hydrogen-bond acceptors (Lipinski definition) is 4. The lowest BCUT2D eigenvalue weighted by molar-refractivity contribution is -0.384. The molecule has 1 aliphatic heterocycles. The fraction of sp³-hybridized carbons (Fsp3) is 0.286. The van der Waals surface area contributed by atoms with Crippen LogP contribution >= 0.6 is 0 Å². The molecule has 0 aliphatic carbocycles. The molecule has 3 aromatic carbocycles. The molecule has 1 aliphatic rings. The molecule has 2 amide bonds. The number of amides is 2. The molecule has 0 radical (unpaired) electrons. The first-order chi connectivity index (χ1) is 16.9. The summed E-state index contributed by atoms with van der Waals surface area (Å²) in [6.07, 6.45) is 2.85. The van der Waals surface area contributed by atoms with Crippen LogP contribution in [0.3, 0.4) is 0 Å². The number of fused-ring (bicyclic) bond motifs is 1. The Balaban J connectivity index is 1.78. The van der Waals surface area contributed by atoms with Crippen molar-refractivity contribution >= 4 is 28.9 Å². The van der Waals surface area contributed by atoms with Crippen molar-refractivity contribution in [2.45, 2.75) is 51.6 Å². The van der Waals surface area contributed by atoms with Gasteiger partial charge in [0.2, 0.25) is 5.91 Å². The minimum absolute atomic E-state index is 0.0642. The van der Waals surface area contributed by atoms with E-state index < -0.39 is 4.92 Å². The van der Waals surface area contributed by atoms with Gasteiger partial charge in [0.05, 0.1) is 11.0 Å². The molecule has 0 spiro atoms. The van der Waals surface area contributed by atoms with Crippen molar-refractivity contribution in [3.63, 3.8) is 0 Å². The molecule has 0 bridgehead atoms. The SMILES string of the molecule is CCCCC(=O)N1c2ccccc2[C@@H](N(C(=O)c2ccc([N+](=O)[O-])cc2)c2ccccc2)C[C@@H]1C. The Bertz CT molecular complexity index is 1210. The first kappa shape index (κ1) is 24.1. The van der Waals surface area contributed by atoms with Gasteiger partial charge in [-0.05, 0) is 55.7 Å². The van der Waals surface area contributed by atoms with Gasteiger partial charge in [-0.1, -0.05) is 49.7 Å². The van der Waals surface area contributed by atoms with E-state index in [1.54, 1.807) is 4.90 Å². The smallest absolute Gasteiger partial charge is 0.269 e. The zero-order chi connectivity index (χ0) is 24.9. The van der Waals surface area contributed by atoms with Crippen LogP contribution < -0.4 is 9.80 Å². The van der Waals surface area contributed by atoms with Gasteiger partial charge in [-0.3, -0.25) is 19.7 Å². The first-order valence-corrected chi connectivity index (χ1v) is 12.0. The molecule has 0 aromatic heterocycles. The molecule has 0 saturated heterocycles. The van der Waals surface area contributed by atoms with Crippen LogP contribution in [0.4, 0.5) is 17.1 Å². The summed E-state index contributed by atoms with van der Waals surface area (Å²) in [6.45, 7) is 4.09. The fourth-order valence-corrected chi connectivity index (χ4v) is 4.75. The molecule has 4 rings (SSSR count). The van der Waals surface area contributed by atoms with E-state index >= 15 is 0 Å². The monoisotopic (exact) mass is 471 g/mol. The first-order valence-electron chi connectivity index (χ1n) is 12.0. The summed E-state index contributed by atoms with van der Waals surface area (Å²) in [5.41, 5.74) is 2.77. The largest absolute Gasteiger partial charge is 0.309 e. The average Bonchev–Trinajstić information content (AvgIpc) is 2.88. The Kier molecular flexibility index (Phi) is 7.25. The normalized spacial score (nSPS) is 16.9. The number of non-ortho nitro benzene ring substituents is 1. The number of carbonyl (C=O) groups excluding carboxylic acids is 2. The molecule has 35 heavy (non-hydrogen) atoms. The van der Waals surface area contributed by atoms with Crippen LogP contribution in [0.15, 0.2) is 78.9 Å². The predicted molar refractivity (Wildman–Crippen MR) is 137 cm³/mol. The second kappa shape index (κ2) is 10.5. The van der Waals surface area contributed by atoms with Crippen LogP contribution in [-0.4, -0.2) is 22.8 Å². The Morgan fingerprint density at radius 2 is 1.66 bits per heavy atom. The molecule has 2 atom stereocenters. The highest BCUT2D eigenvalue weighted by Crippen LogP contribution is 2.43. The van der Waals surface area contributed by atoms with Crippen LogP contribution in [0.5, 0.6) is 0 Å². The highest BCUT2D eigenvalue weighted by molar-refractivity contribution is 6.07. The summed E-state index contributed by atoms with van der Waals surface area (Å²) in [4.78, 5) is 41.2. The quantitative estimate of drug-likeness (QED) is 0.299. The number of benzene rings is 3.